The molecule has 1 amide bonds. The summed E-state index contributed by atoms with van der Waals surface area (Å²) in [6.07, 6.45) is -3.84. The number of halogens is 3. The highest BCUT2D eigenvalue weighted by Gasteiger charge is 2.33. The smallest absolute Gasteiger partial charge is 0.332 e. The fourth-order valence-electron chi connectivity index (χ4n) is 1.13. The van der Waals surface area contributed by atoms with Crippen LogP contribution in [0, 0.1) is 5.92 Å². The Labute approximate surface area is 87.4 Å². The van der Waals surface area contributed by atoms with E-state index in [0.717, 1.165) is 4.90 Å². The van der Waals surface area contributed by atoms with Crippen LogP contribution in [-0.2, 0) is 4.79 Å². The molecule has 0 aromatic heterocycles. The second-order valence-corrected chi connectivity index (χ2v) is 3.47. The van der Waals surface area contributed by atoms with E-state index >= 15 is 0 Å². The molecule has 0 saturated heterocycles. The van der Waals surface area contributed by atoms with E-state index in [1.165, 1.54) is 0 Å². The zero-order valence-corrected chi connectivity index (χ0v) is 8.97. The third-order valence-corrected chi connectivity index (χ3v) is 2.11. The summed E-state index contributed by atoms with van der Waals surface area (Å²) in [6, 6.07) is 0. The molecule has 0 heterocycles. The van der Waals surface area contributed by atoms with E-state index in [0.29, 0.717) is 6.42 Å². The first kappa shape index (κ1) is 14.2. The zero-order valence-electron chi connectivity index (χ0n) is 8.97. The molecule has 0 aliphatic carbocycles. The van der Waals surface area contributed by atoms with E-state index < -0.39 is 18.6 Å². The lowest BCUT2D eigenvalue weighted by Crippen LogP contribution is -2.44. The zero-order chi connectivity index (χ0) is 12.1. The van der Waals surface area contributed by atoms with Gasteiger partial charge in [0.15, 0.2) is 0 Å². The number of nitrogens with zero attached hydrogens (tertiary/aromatic N) is 1. The number of rotatable bonds is 5. The van der Waals surface area contributed by atoms with Crippen LogP contribution in [0.2, 0.25) is 0 Å². The third kappa shape index (κ3) is 5.61. The van der Waals surface area contributed by atoms with Crippen LogP contribution in [0.5, 0.6) is 0 Å². The van der Waals surface area contributed by atoms with Crippen LogP contribution >= 0.6 is 0 Å². The third-order valence-electron chi connectivity index (χ3n) is 2.11. The summed E-state index contributed by atoms with van der Waals surface area (Å²) in [5.41, 5.74) is 5.17. The van der Waals surface area contributed by atoms with Gasteiger partial charge < -0.3 is 10.6 Å². The monoisotopic (exact) mass is 226 g/mol. The van der Waals surface area contributed by atoms with Crippen LogP contribution < -0.4 is 5.73 Å². The van der Waals surface area contributed by atoms with E-state index in [1.807, 2.05) is 0 Å². The molecule has 0 rings (SSSR count). The van der Waals surface area contributed by atoms with E-state index in [2.05, 4.69) is 0 Å². The molecule has 0 spiro atoms. The Morgan fingerprint density at radius 2 is 2.00 bits per heavy atom. The first-order valence-electron chi connectivity index (χ1n) is 4.87. The molecule has 15 heavy (non-hydrogen) atoms. The molecule has 6 heteroatoms. The maximum Gasteiger partial charge on any atom is 0.406 e. The Hall–Kier alpha value is -0.780. The molecule has 1 atom stereocenters. The number of hydrogen-bond acceptors (Lipinski definition) is 2. The van der Waals surface area contributed by atoms with Crippen molar-refractivity contribution in [1.29, 1.82) is 0 Å². The molecule has 90 valence electrons. The van der Waals surface area contributed by atoms with E-state index in [1.54, 1.807) is 13.8 Å². The van der Waals surface area contributed by atoms with Crippen molar-refractivity contribution in [2.45, 2.75) is 26.4 Å². The number of amides is 1. The van der Waals surface area contributed by atoms with Gasteiger partial charge in [-0.15, -0.1) is 0 Å². The number of alkyl halides is 3. The van der Waals surface area contributed by atoms with E-state index in [4.69, 9.17) is 5.73 Å². The van der Waals surface area contributed by atoms with Crippen molar-refractivity contribution in [1.82, 2.24) is 4.90 Å². The minimum Gasteiger partial charge on any atom is -0.332 e. The molecule has 0 fully saturated rings. The first-order valence-corrected chi connectivity index (χ1v) is 4.87. The SMILES string of the molecule is CCC(C)C(=O)N(CCN)CC(F)(F)F. The summed E-state index contributed by atoms with van der Waals surface area (Å²) in [5.74, 6) is -0.876. The predicted molar refractivity (Wildman–Crippen MR) is 51.1 cm³/mol. The molecule has 0 radical (unpaired) electrons. The van der Waals surface area contributed by atoms with Gasteiger partial charge in [0.05, 0.1) is 0 Å². The van der Waals surface area contributed by atoms with Crippen LogP contribution in [0.15, 0.2) is 0 Å². The van der Waals surface area contributed by atoms with Crippen molar-refractivity contribution in [3.63, 3.8) is 0 Å². The van der Waals surface area contributed by atoms with Crippen molar-refractivity contribution in [3.05, 3.63) is 0 Å². The van der Waals surface area contributed by atoms with Gasteiger partial charge in [-0.05, 0) is 6.42 Å². The fourth-order valence-corrected chi connectivity index (χ4v) is 1.13. The van der Waals surface area contributed by atoms with Crippen LogP contribution in [0.3, 0.4) is 0 Å². The fraction of sp³-hybridized carbons (Fsp3) is 0.889. The molecular weight excluding hydrogens is 209 g/mol. The lowest BCUT2D eigenvalue weighted by molar-refractivity contribution is -0.163. The molecule has 1 unspecified atom stereocenters. The highest BCUT2D eigenvalue weighted by Crippen LogP contribution is 2.18. The first-order chi connectivity index (χ1) is 6.81. The molecule has 0 bridgehead atoms. The predicted octanol–water partition coefficient (Wildman–Crippen LogP) is 1.38. The second kappa shape index (κ2) is 5.95. The Kier molecular flexibility index (Phi) is 5.64. The number of carbonyl (C=O) groups excluding carboxylic acids is 1. The Morgan fingerprint density at radius 1 is 1.47 bits per heavy atom. The van der Waals surface area contributed by atoms with Crippen LogP contribution in [0.25, 0.3) is 0 Å². The van der Waals surface area contributed by atoms with Gasteiger partial charge in [-0.3, -0.25) is 4.79 Å². The lowest BCUT2D eigenvalue weighted by atomic mass is 10.1. The maximum atomic E-state index is 12.1. The van der Waals surface area contributed by atoms with Gasteiger partial charge in [0.2, 0.25) is 5.91 Å². The maximum absolute atomic E-state index is 12.1. The van der Waals surface area contributed by atoms with Crippen molar-refractivity contribution < 1.29 is 18.0 Å². The lowest BCUT2D eigenvalue weighted by Gasteiger charge is -2.25. The Balaban J connectivity index is 4.45. The van der Waals surface area contributed by atoms with Crippen LogP contribution in [0.1, 0.15) is 20.3 Å². The summed E-state index contributed by atoms with van der Waals surface area (Å²) in [7, 11) is 0. The van der Waals surface area contributed by atoms with Gasteiger partial charge in [-0.25, -0.2) is 0 Å². The molecule has 0 aliphatic heterocycles. The highest BCUT2D eigenvalue weighted by atomic mass is 19.4. The molecule has 2 N–H and O–H groups in total. The Morgan fingerprint density at radius 3 is 2.33 bits per heavy atom. The van der Waals surface area contributed by atoms with Crippen molar-refractivity contribution in [3.8, 4) is 0 Å². The van der Waals surface area contributed by atoms with Gasteiger partial charge in [0, 0.05) is 19.0 Å². The van der Waals surface area contributed by atoms with Crippen LogP contribution in [-0.4, -0.2) is 36.6 Å². The minimum absolute atomic E-state index is 0.0399. The topological polar surface area (TPSA) is 46.3 Å². The second-order valence-electron chi connectivity index (χ2n) is 3.47. The number of nitrogens with two attached hydrogens (primary N) is 1. The Bertz CT molecular complexity index is 206. The summed E-state index contributed by atoms with van der Waals surface area (Å²) in [5, 5.41) is 0. The summed E-state index contributed by atoms with van der Waals surface area (Å²) in [6.45, 7) is 2.15. The summed E-state index contributed by atoms with van der Waals surface area (Å²) in [4.78, 5) is 12.3. The standard InChI is InChI=1S/C9H17F3N2O/c1-3-7(2)8(15)14(5-4-13)6-9(10,11)12/h7H,3-6,13H2,1-2H3. The average Bonchev–Trinajstić information content (AvgIpc) is 2.13. The highest BCUT2D eigenvalue weighted by molar-refractivity contribution is 5.78. The number of hydrogen-bond donors (Lipinski definition) is 1. The van der Waals surface area contributed by atoms with Gasteiger partial charge in [0.25, 0.3) is 0 Å². The normalized spacial score (nSPS) is 13.7. The van der Waals surface area contributed by atoms with Gasteiger partial charge in [-0.1, -0.05) is 13.8 Å². The van der Waals surface area contributed by atoms with E-state index in [9.17, 15) is 18.0 Å². The molecule has 0 aromatic carbocycles. The summed E-state index contributed by atoms with van der Waals surface area (Å²) >= 11 is 0. The van der Waals surface area contributed by atoms with Crippen molar-refractivity contribution in [2.75, 3.05) is 19.6 Å². The van der Waals surface area contributed by atoms with Gasteiger partial charge in [0.1, 0.15) is 6.54 Å². The minimum atomic E-state index is -4.36. The van der Waals surface area contributed by atoms with Crippen molar-refractivity contribution >= 4 is 5.91 Å². The quantitative estimate of drug-likeness (QED) is 0.769. The summed E-state index contributed by atoms with van der Waals surface area (Å²) < 4.78 is 36.4. The number of carbonyl (C=O) groups is 1. The van der Waals surface area contributed by atoms with Crippen LogP contribution in [0.4, 0.5) is 13.2 Å². The molecule has 0 aromatic rings. The molecule has 3 nitrogen and oxygen atoms in total. The average molecular weight is 226 g/mol. The molecule has 0 saturated carbocycles. The molecule has 0 aliphatic rings. The van der Waals surface area contributed by atoms with E-state index in [-0.39, 0.29) is 19.0 Å². The molecular formula is C9H17F3N2O. The largest absolute Gasteiger partial charge is 0.406 e. The van der Waals surface area contributed by atoms with Gasteiger partial charge >= 0.3 is 6.18 Å². The van der Waals surface area contributed by atoms with Gasteiger partial charge in [-0.2, -0.15) is 13.2 Å². The van der Waals surface area contributed by atoms with Crippen molar-refractivity contribution in [2.24, 2.45) is 11.7 Å².